The molecule has 0 saturated heterocycles. The second-order valence-corrected chi connectivity index (χ2v) is 8.88. The van der Waals surface area contributed by atoms with Crippen LogP contribution in [-0.4, -0.2) is 43.7 Å². The van der Waals surface area contributed by atoms with E-state index in [4.69, 9.17) is 13.8 Å². The Kier molecular flexibility index (Phi) is 7.68. The largest absolute Gasteiger partial charge is 0.497 e. The molecule has 1 saturated carbocycles. The van der Waals surface area contributed by atoms with Gasteiger partial charge in [0.1, 0.15) is 5.75 Å². The lowest BCUT2D eigenvalue weighted by atomic mass is 9.71. The Morgan fingerprint density at radius 1 is 1.27 bits per heavy atom. The molecule has 0 heterocycles. The van der Waals surface area contributed by atoms with Crippen molar-refractivity contribution in [3.8, 4) is 5.75 Å². The third-order valence-corrected chi connectivity index (χ3v) is 7.26. The van der Waals surface area contributed by atoms with Gasteiger partial charge in [0.2, 0.25) is 0 Å². The van der Waals surface area contributed by atoms with Crippen LogP contribution in [0.5, 0.6) is 5.75 Å². The molecule has 148 valence electrons. The van der Waals surface area contributed by atoms with Crippen molar-refractivity contribution in [2.75, 3.05) is 33.9 Å². The van der Waals surface area contributed by atoms with Crippen LogP contribution < -0.4 is 4.74 Å². The normalized spacial score (nSPS) is 24.0. The van der Waals surface area contributed by atoms with Crippen LogP contribution >= 0.6 is 7.75 Å². The SMILES string of the molecule is CCOP(=O)(OCC)N(C)CC1CCCCC1(O)c1cccc(OC)c1. The van der Waals surface area contributed by atoms with E-state index in [9.17, 15) is 9.67 Å². The number of hydrogen-bond donors (Lipinski definition) is 1. The van der Waals surface area contributed by atoms with Crippen LogP contribution in [0.3, 0.4) is 0 Å². The summed E-state index contributed by atoms with van der Waals surface area (Å²) in [6.07, 6.45) is 3.53. The lowest BCUT2D eigenvalue weighted by Crippen LogP contribution is -2.43. The Hall–Kier alpha value is -0.910. The van der Waals surface area contributed by atoms with Crippen molar-refractivity contribution in [2.45, 2.75) is 45.1 Å². The van der Waals surface area contributed by atoms with Gasteiger partial charge in [-0.05, 0) is 51.4 Å². The van der Waals surface area contributed by atoms with Gasteiger partial charge in [-0.15, -0.1) is 0 Å². The second kappa shape index (κ2) is 9.34. The Labute approximate surface area is 157 Å². The molecule has 0 bridgehead atoms. The molecule has 26 heavy (non-hydrogen) atoms. The summed E-state index contributed by atoms with van der Waals surface area (Å²) in [5.74, 6) is 0.658. The number of hydrogen-bond acceptors (Lipinski definition) is 5. The first kappa shape index (κ1) is 21.4. The molecule has 2 rings (SSSR count). The molecule has 1 N–H and O–H groups in total. The van der Waals surface area contributed by atoms with Crippen LogP contribution in [-0.2, 0) is 19.2 Å². The third-order valence-electron chi connectivity index (χ3n) is 5.09. The standard InChI is InChI=1S/C19H32NO5P/c1-5-24-26(22,25-6-2)20(3)15-17-10-7-8-13-19(17,21)16-11-9-12-18(14-16)23-4/h9,11-12,14,17,21H,5-8,10,13,15H2,1-4H3. The zero-order chi connectivity index (χ0) is 19.2. The summed E-state index contributed by atoms with van der Waals surface area (Å²) >= 11 is 0. The van der Waals surface area contributed by atoms with Crippen molar-refractivity contribution in [1.82, 2.24) is 4.67 Å². The Morgan fingerprint density at radius 2 is 1.96 bits per heavy atom. The molecule has 1 aromatic carbocycles. The molecule has 2 unspecified atom stereocenters. The molecule has 1 aliphatic rings. The first-order chi connectivity index (χ1) is 12.4. The maximum Gasteiger partial charge on any atom is 0.407 e. The first-order valence-electron chi connectivity index (χ1n) is 9.37. The quantitative estimate of drug-likeness (QED) is 0.643. The highest BCUT2D eigenvalue weighted by Gasteiger charge is 2.43. The summed E-state index contributed by atoms with van der Waals surface area (Å²) in [5, 5.41) is 11.5. The van der Waals surface area contributed by atoms with Crippen LogP contribution in [0, 0.1) is 5.92 Å². The summed E-state index contributed by atoms with van der Waals surface area (Å²) in [7, 11) is 0.0208. The maximum absolute atomic E-state index is 13.0. The van der Waals surface area contributed by atoms with Gasteiger partial charge in [0.25, 0.3) is 0 Å². The van der Waals surface area contributed by atoms with Gasteiger partial charge in [-0.25, -0.2) is 9.24 Å². The van der Waals surface area contributed by atoms with E-state index in [-0.39, 0.29) is 5.92 Å². The van der Waals surface area contributed by atoms with Crippen LogP contribution in [0.15, 0.2) is 24.3 Å². The van der Waals surface area contributed by atoms with Crippen molar-refractivity contribution < 1.29 is 23.5 Å². The number of rotatable bonds is 9. The molecule has 0 spiro atoms. The molecule has 1 aromatic rings. The maximum atomic E-state index is 13.0. The smallest absolute Gasteiger partial charge is 0.407 e. The van der Waals surface area contributed by atoms with Crippen molar-refractivity contribution in [2.24, 2.45) is 5.92 Å². The average molecular weight is 385 g/mol. The van der Waals surface area contributed by atoms with Gasteiger partial charge in [-0.1, -0.05) is 25.0 Å². The van der Waals surface area contributed by atoms with E-state index >= 15 is 0 Å². The van der Waals surface area contributed by atoms with Gasteiger partial charge < -0.3 is 9.84 Å². The molecular weight excluding hydrogens is 353 g/mol. The highest BCUT2D eigenvalue weighted by atomic mass is 31.2. The van der Waals surface area contributed by atoms with Crippen LogP contribution in [0.1, 0.15) is 45.1 Å². The molecule has 1 aliphatic carbocycles. The first-order valence-corrected chi connectivity index (χ1v) is 10.9. The van der Waals surface area contributed by atoms with Crippen LogP contribution in [0.4, 0.5) is 0 Å². The van der Waals surface area contributed by atoms with E-state index in [0.29, 0.717) is 26.2 Å². The predicted octanol–water partition coefficient (Wildman–Crippen LogP) is 4.19. The molecule has 1 fully saturated rings. The van der Waals surface area contributed by atoms with Crippen LogP contribution in [0.25, 0.3) is 0 Å². The van der Waals surface area contributed by atoms with Crippen LogP contribution in [0.2, 0.25) is 0 Å². The zero-order valence-electron chi connectivity index (χ0n) is 16.3. The van der Waals surface area contributed by atoms with E-state index in [1.54, 1.807) is 32.7 Å². The molecule has 0 aromatic heterocycles. The lowest BCUT2D eigenvalue weighted by Gasteiger charge is -2.42. The van der Waals surface area contributed by atoms with E-state index in [1.165, 1.54) is 0 Å². The fraction of sp³-hybridized carbons (Fsp3) is 0.684. The lowest BCUT2D eigenvalue weighted by molar-refractivity contribution is -0.0602. The van der Waals surface area contributed by atoms with Gasteiger partial charge in [0.15, 0.2) is 0 Å². The van der Waals surface area contributed by atoms with Crippen molar-refractivity contribution >= 4 is 7.75 Å². The molecule has 6 nitrogen and oxygen atoms in total. The van der Waals surface area contributed by atoms with Gasteiger partial charge >= 0.3 is 7.75 Å². The van der Waals surface area contributed by atoms with Crippen molar-refractivity contribution in [3.05, 3.63) is 29.8 Å². The second-order valence-electron chi connectivity index (χ2n) is 6.74. The van der Waals surface area contributed by atoms with Crippen molar-refractivity contribution in [1.29, 1.82) is 0 Å². The van der Waals surface area contributed by atoms with Gasteiger partial charge in [-0.3, -0.25) is 9.05 Å². The number of aliphatic hydroxyl groups is 1. The average Bonchev–Trinajstić information content (AvgIpc) is 2.64. The third kappa shape index (κ3) is 4.68. The topological polar surface area (TPSA) is 68.2 Å². The van der Waals surface area contributed by atoms with E-state index < -0.39 is 13.3 Å². The van der Waals surface area contributed by atoms with Gasteiger partial charge in [0, 0.05) is 12.5 Å². The molecule has 0 aliphatic heterocycles. The Bertz CT molecular complexity index is 616. The van der Waals surface area contributed by atoms with Gasteiger partial charge in [0.05, 0.1) is 25.9 Å². The minimum atomic E-state index is -3.34. The van der Waals surface area contributed by atoms with E-state index in [0.717, 1.165) is 30.6 Å². The molecule has 0 radical (unpaired) electrons. The van der Waals surface area contributed by atoms with Crippen molar-refractivity contribution in [3.63, 3.8) is 0 Å². The summed E-state index contributed by atoms with van der Waals surface area (Å²) in [4.78, 5) is 0. The highest BCUT2D eigenvalue weighted by molar-refractivity contribution is 7.51. The summed E-state index contributed by atoms with van der Waals surface area (Å²) in [5.41, 5.74) is -0.137. The number of methoxy groups -OCH3 is 1. The zero-order valence-corrected chi connectivity index (χ0v) is 17.2. The molecular formula is C19H32NO5P. The highest BCUT2D eigenvalue weighted by Crippen LogP contribution is 2.53. The number of nitrogens with zero attached hydrogens (tertiary/aromatic N) is 1. The predicted molar refractivity (Wildman–Crippen MR) is 102 cm³/mol. The fourth-order valence-electron chi connectivity index (χ4n) is 3.72. The van der Waals surface area contributed by atoms with E-state index in [2.05, 4.69) is 0 Å². The fourth-order valence-corrected chi connectivity index (χ4v) is 5.24. The number of ether oxygens (including phenoxy) is 1. The Balaban J connectivity index is 2.26. The summed E-state index contributed by atoms with van der Waals surface area (Å²) < 4.78 is 30.9. The Morgan fingerprint density at radius 3 is 2.58 bits per heavy atom. The minimum Gasteiger partial charge on any atom is -0.497 e. The molecule has 7 heteroatoms. The summed E-state index contributed by atoms with van der Waals surface area (Å²) in [6, 6.07) is 7.59. The minimum absolute atomic E-state index is 0.0670. The number of benzene rings is 1. The molecule has 2 atom stereocenters. The van der Waals surface area contributed by atoms with E-state index in [1.807, 2.05) is 24.3 Å². The summed E-state index contributed by atoms with van der Waals surface area (Å²) in [6.45, 7) is 4.66. The van der Waals surface area contributed by atoms with Gasteiger partial charge in [-0.2, -0.15) is 0 Å². The monoisotopic (exact) mass is 385 g/mol. The molecule has 0 amide bonds.